The van der Waals surface area contributed by atoms with Crippen molar-refractivity contribution in [1.29, 1.82) is 0 Å². The number of ether oxygens (including phenoxy) is 2. The van der Waals surface area contributed by atoms with E-state index in [1.807, 2.05) is 36.4 Å². The SMILES string of the molecule is CN1CC(=O)N2[C@H](c3ccc4c(c3)OCO4)c3[nH]c4ccccc4c3C[C@@H]2C1=O.O=C(O)/C=C/C(=O)O.O=C(O)/C=C/C(=O)O. The molecular weight excluding hydrogens is 594 g/mol. The number of hydrogen-bond acceptors (Lipinski definition) is 8. The Morgan fingerprint density at radius 2 is 1.42 bits per heavy atom. The van der Waals surface area contributed by atoms with Gasteiger partial charge in [0.2, 0.25) is 18.6 Å². The lowest BCUT2D eigenvalue weighted by Crippen LogP contribution is -2.62. The van der Waals surface area contributed by atoms with Gasteiger partial charge in [0.1, 0.15) is 6.04 Å². The van der Waals surface area contributed by atoms with Crippen molar-refractivity contribution in [2.45, 2.75) is 18.5 Å². The highest BCUT2D eigenvalue weighted by Crippen LogP contribution is 2.44. The highest BCUT2D eigenvalue weighted by Gasteiger charge is 2.47. The molecule has 0 bridgehead atoms. The molecule has 6 rings (SSSR count). The number of likely N-dealkylation sites (N-methyl/N-ethyl adjacent to an activating group) is 1. The van der Waals surface area contributed by atoms with Crippen molar-refractivity contribution in [3.8, 4) is 11.5 Å². The summed E-state index contributed by atoms with van der Waals surface area (Å²) in [5.74, 6) is -3.75. The molecule has 0 radical (unpaired) electrons. The molecular formula is C30H27N3O12. The van der Waals surface area contributed by atoms with Crippen LogP contribution < -0.4 is 9.47 Å². The fourth-order valence-electron chi connectivity index (χ4n) is 5.12. The number of carbonyl (C=O) groups is 6. The zero-order chi connectivity index (χ0) is 32.8. The lowest BCUT2D eigenvalue weighted by molar-refractivity contribution is -0.157. The number of H-pyrrole nitrogens is 1. The molecule has 2 atom stereocenters. The van der Waals surface area contributed by atoms with Gasteiger partial charge in [0.25, 0.3) is 0 Å². The number of aromatic amines is 1. The third kappa shape index (κ3) is 7.27. The summed E-state index contributed by atoms with van der Waals surface area (Å²) in [6.07, 6.45) is 2.74. The third-order valence-corrected chi connectivity index (χ3v) is 6.90. The summed E-state index contributed by atoms with van der Waals surface area (Å²) in [5.41, 5.74) is 3.97. The summed E-state index contributed by atoms with van der Waals surface area (Å²) < 4.78 is 11.0. The molecule has 5 N–H and O–H groups in total. The number of piperazine rings is 1. The monoisotopic (exact) mass is 621 g/mol. The van der Waals surface area contributed by atoms with Gasteiger partial charge in [0.05, 0.1) is 12.6 Å². The molecule has 0 aliphatic carbocycles. The van der Waals surface area contributed by atoms with E-state index in [1.54, 1.807) is 11.9 Å². The van der Waals surface area contributed by atoms with Crippen LogP contribution in [0.1, 0.15) is 22.9 Å². The Kier molecular flexibility index (Phi) is 9.51. The summed E-state index contributed by atoms with van der Waals surface area (Å²) in [5, 5.41) is 32.3. The molecule has 0 saturated carbocycles. The van der Waals surface area contributed by atoms with Gasteiger partial charge < -0.3 is 44.7 Å². The van der Waals surface area contributed by atoms with E-state index in [4.69, 9.17) is 29.9 Å². The summed E-state index contributed by atoms with van der Waals surface area (Å²) in [7, 11) is 1.69. The van der Waals surface area contributed by atoms with Crippen LogP contribution in [-0.4, -0.2) is 97.3 Å². The van der Waals surface area contributed by atoms with Crippen LogP contribution in [-0.2, 0) is 35.2 Å². The lowest BCUT2D eigenvalue weighted by atomic mass is 9.86. The molecule has 1 saturated heterocycles. The molecule has 0 unspecified atom stereocenters. The van der Waals surface area contributed by atoms with Gasteiger partial charge in [0.15, 0.2) is 11.5 Å². The Balaban J connectivity index is 0.000000240. The summed E-state index contributed by atoms with van der Waals surface area (Å²) in [6.45, 7) is 0.279. The van der Waals surface area contributed by atoms with E-state index in [-0.39, 0.29) is 31.2 Å². The number of rotatable bonds is 5. The summed E-state index contributed by atoms with van der Waals surface area (Å²) in [4.78, 5) is 71.1. The van der Waals surface area contributed by atoms with Crippen LogP contribution in [0.15, 0.2) is 66.8 Å². The number of carbonyl (C=O) groups excluding carboxylic acids is 2. The molecule has 15 heteroatoms. The Morgan fingerprint density at radius 3 is 2.02 bits per heavy atom. The molecule has 0 spiro atoms. The Hall–Kier alpha value is -6.12. The number of fused-ring (bicyclic) bond motifs is 5. The van der Waals surface area contributed by atoms with Crippen LogP contribution in [0.5, 0.6) is 11.5 Å². The number of carboxylic acids is 4. The van der Waals surface area contributed by atoms with E-state index in [0.29, 0.717) is 42.2 Å². The first-order valence-electron chi connectivity index (χ1n) is 13.2. The second-order valence-electron chi connectivity index (χ2n) is 9.81. The molecule has 45 heavy (non-hydrogen) atoms. The van der Waals surface area contributed by atoms with Gasteiger partial charge in [-0.1, -0.05) is 24.3 Å². The zero-order valence-electron chi connectivity index (χ0n) is 23.6. The van der Waals surface area contributed by atoms with Gasteiger partial charge in [-0.2, -0.15) is 0 Å². The van der Waals surface area contributed by atoms with Crippen molar-refractivity contribution in [1.82, 2.24) is 14.8 Å². The van der Waals surface area contributed by atoms with Crippen molar-refractivity contribution >= 4 is 46.6 Å². The van der Waals surface area contributed by atoms with E-state index in [2.05, 4.69) is 11.1 Å². The van der Waals surface area contributed by atoms with Crippen LogP contribution in [0.4, 0.5) is 0 Å². The van der Waals surface area contributed by atoms with Gasteiger partial charge in [-0.15, -0.1) is 0 Å². The van der Waals surface area contributed by atoms with Crippen LogP contribution in [0.2, 0.25) is 0 Å². The Morgan fingerprint density at radius 1 is 0.844 bits per heavy atom. The van der Waals surface area contributed by atoms with E-state index in [1.165, 1.54) is 4.90 Å². The minimum Gasteiger partial charge on any atom is -0.478 e. The van der Waals surface area contributed by atoms with E-state index in [9.17, 15) is 28.8 Å². The van der Waals surface area contributed by atoms with Gasteiger partial charge in [-0.25, -0.2) is 19.2 Å². The van der Waals surface area contributed by atoms with Crippen molar-refractivity contribution in [3.63, 3.8) is 0 Å². The molecule has 1 fully saturated rings. The average molecular weight is 622 g/mol. The topological polar surface area (TPSA) is 224 Å². The maximum atomic E-state index is 13.1. The number of carboxylic acid groups (broad SMARTS) is 4. The van der Waals surface area contributed by atoms with Gasteiger partial charge in [-0.3, -0.25) is 9.59 Å². The van der Waals surface area contributed by atoms with Gasteiger partial charge in [0, 0.05) is 54.4 Å². The largest absolute Gasteiger partial charge is 0.478 e. The molecule has 2 aromatic carbocycles. The van der Waals surface area contributed by atoms with Gasteiger partial charge >= 0.3 is 23.9 Å². The molecule has 2 amide bonds. The maximum Gasteiger partial charge on any atom is 0.328 e. The van der Waals surface area contributed by atoms with E-state index >= 15 is 0 Å². The highest BCUT2D eigenvalue weighted by molar-refractivity contribution is 5.97. The highest BCUT2D eigenvalue weighted by atomic mass is 16.7. The second-order valence-corrected chi connectivity index (χ2v) is 9.81. The third-order valence-electron chi connectivity index (χ3n) is 6.90. The van der Waals surface area contributed by atoms with Crippen molar-refractivity contribution in [3.05, 3.63) is 83.6 Å². The minimum atomic E-state index is -1.26. The maximum absolute atomic E-state index is 13.1. The Labute approximate surface area is 254 Å². The number of nitrogens with zero attached hydrogens (tertiary/aromatic N) is 2. The molecule has 4 heterocycles. The predicted octanol–water partition coefficient (Wildman–Crippen LogP) is 1.63. The van der Waals surface area contributed by atoms with Crippen molar-refractivity contribution < 1.29 is 58.7 Å². The number of aliphatic carboxylic acids is 4. The quantitative estimate of drug-likeness (QED) is 0.256. The predicted molar refractivity (Wildman–Crippen MR) is 154 cm³/mol. The van der Waals surface area contributed by atoms with Crippen molar-refractivity contribution in [2.75, 3.05) is 20.4 Å². The smallest absolute Gasteiger partial charge is 0.328 e. The van der Waals surface area contributed by atoms with Gasteiger partial charge in [-0.05, 0) is 29.3 Å². The number of nitrogens with one attached hydrogen (secondary N) is 1. The molecule has 234 valence electrons. The number of hydrogen-bond donors (Lipinski definition) is 5. The second kappa shape index (κ2) is 13.5. The van der Waals surface area contributed by atoms with Crippen LogP contribution in [0, 0.1) is 0 Å². The first-order valence-corrected chi connectivity index (χ1v) is 13.2. The number of benzene rings is 2. The van der Waals surface area contributed by atoms with Crippen LogP contribution >= 0.6 is 0 Å². The number of para-hydroxylation sites is 1. The standard InChI is InChI=1S/C22H19N3O4.2C4H4O4/c1-24-10-19(26)25-16(22(24)27)9-14-13-4-2-3-5-15(13)23-20(14)21(25)12-6-7-17-18(8-12)29-11-28-17;2*5-3(6)1-2-4(7)8/h2-8,16,21,23H,9-11H2,1H3;2*1-2H,(H,5,6)(H,7,8)/b;2*2-1+/t16-,21-;;/m1../s1. The van der Waals surface area contributed by atoms with Crippen LogP contribution in [0.3, 0.4) is 0 Å². The summed E-state index contributed by atoms with van der Waals surface area (Å²) in [6, 6.07) is 12.9. The van der Waals surface area contributed by atoms with Crippen LogP contribution in [0.25, 0.3) is 10.9 Å². The fourth-order valence-corrected chi connectivity index (χ4v) is 5.12. The van der Waals surface area contributed by atoms with E-state index < -0.39 is 29.9 Å². The number of aromatic nitrogens is 1. The normalized spacial score (nSPS) is 18.1. The first-order chi connectivity index (χ1) is 21.4. The molecule has 3 aliphatic heterocycles. The first kappa shape index (κ1) is 31.8. The average Bonchev–Trinajstić information content (AvgIpc) is 3.61. The number of amides is 2. The minimum absolute atomic E-state index is 0.0220. The van der Waals surface area contributed by atoms with Crippen molar-refractivity contribution in [2.24, 2.45) is 0 Å². The summed E-state index contributed by atoms with van der Waals surface area (Å²) >= 11 is 0. The molecule has 3 aliphatic rings. The van der Waals surface area contributed by atoms with E-state index in [0.717, 1.165) is 27.7 Å². The fraction of sp³-hybridized carbons (Fsp3) is 0.200. The zero-order valence-corrected chi connectivity index (χ0v) is 23.6. The Bertz CT molecular complexity index is 1670. The molecule has 3 aromatic rings. The molecule has 1 aromatic heterocycles. The molecule has 15 nitrogen and oxygen atoms in total. The lowest BCUT2D eigenvalue weighted by Gasteiger charge is -2.46.